The van der Waals surface area contributed by atoms with Crippen molar-refractivity contribution >= 4 is 22.5 Å². The average Bonchev–Trinajstić information content (AvgIpc) is 2.52. The van der Waals surface area contributed by atoms with Gasteiger partial charge in [0.15, 0.2) is 0 Å². The summed E-state index contributed by atoms with van der Waals surface area (Å²) >= 11 is 6.31. The van der Waals surface area contributed by atoms with Crippen LogP contribution >= 0.6 is 11.6 Å². The summed E-state index contributed by atoms with van der Waals surface area (Å²) in [6, 6.07) is 8.19. The maximum Gasteiger partial charge on any atom is 0.128 e. The normalized spacial score (nSPS) is 11.1. The van der Waals surface area contributed by atoms with Gasteiger partial charge >= 0.3 is 0 Å². The van der Waals surface area contributed by atoms with Gasteiger partial charge in [-0.25, -0.2) is 0 Å². The van der Waals surface area contributed by atoms with E-state index in [9.17, 15) is 5.26 Å². The van der Waals surface area contributed by atoms with Crippen molar-refractivity contribution < 1.29 is 0 Å². The molecular formula is C14H15ClN2. The number of hydrogen-bond donors (Lipinski definition) is 0. The predicted octanol–water partition coefficient (Wildman–Crippen LogP) is 4.13. The fourth-order valence-corrected chi connectivity index (χ4v) is 2.50. The van der Waals surface area contributed by atoms with Crippen LogP contribution in [0.1, 0.15) is 25.0 Å². The first-order chi connectivity index (χ1) is 8.06. The Bertz CT molecular complexity index is 603. The number of aromatic nitrogens is 1. The van der Waals surface area contributed by atoms with E-state index in [1.165, 1.54) is 0 Å². The Labute approximate surface area is 106 Å². The Kier molecular flexibility index (Phi) is 3.13. The number of nitriles is 1. The number of hydrogen-bond acceptors (Lipinski definition) is 1. The molecule has 17 heavy (non-hydrogen) atoms. The van der Waals surface area contributed by atoms with Crippen LogP contribution in [0.5, 0.6) is 0 Å². The molecule has 0 fully saturated rings. The van der Waals surface area contributed by atoms with Crippen LogP contribution in [-0.4, -0.2) is 4.57 Å². The van der Waals surface area contributed by atoms with Crippen molar-refractivity contribution in [2.45, 2.75) is 27.3 Å². The molecule has 0 amide bonds. The van der Waals surface area contributed by atoms with Gasteiger partial charge in [0, 0.05) is 11.9 Å². The van der Waals surface area contributed by atoms with E-state index >= 15 is 0 Å². The molecule has 0 saturated heterocycles. The average molecular weight is 247 g/mol. The van der Waals surface area contributed by atoms with Gasteiger partial charge < -0.3 is 4.57 Å². The van der Waals surface area contributed by atoms with Gasteiger partial charge in [-0.3, -0.25) is 0 Å². The molecule has 1 aromatic carbocycles. The Balaban J connectivity index is 2.82. The highest BCUT2D eigenvalue weighted by atomic mass is 35.5. The standard InChI is InChI=1S/C14H15ClN2/c1-9(2)8-17-13-10(3)5-4-6-11(13)12(7-16)14(17)15/h4-6,9H,8H2,1-3H3. The fraction of sp³-hybridized carbons (Fsp3) is 0.357. The first-order valence-electron chi connectivity index (χ1n) is 5.73. The van der Waals surface area contributed by atoms with E-state index in [0.717, 1.165) is 23.0 Å². The van der Waals surface area contributed by atoms with Crippen LogP contribution in [0, 0.1) is 24.2 Å². The summed E-state index contributed by atoms with van der Waals surface area (Å²) in [6.07, 6.45) is 0. The van der Waals surface area contributed by atoms with Crippen molar-refractivity contribution in [2.75, 3.05) is 0 Å². The van der Waals surface area contributed by atoms with Crippen LogP contribution in [0.4, 0.5) is 0 Å². The highest BCUT2D eigenvalue weighted by Crippen LogP contribution is 2.32. The van der Waals surface area contributed by atoms with Gasteiger partial charge in [-0.2, -0.15) is 5.26 Å². The van der Waals surface area contributed by atoms with Crippen LogP contribution in [0.15, 0.2) is 18.2 Å². The smallest absolute Gasteiger partial charge is 0.128 e. The third-order valence-electron chi connectivity index (χ3n) is 2.88. The lowest BCUT2D eigenvalue weighted by Crippen LogP contribution is -2.04. The largest absolute Gasteiger partial charge is 0.330 e. The molecule has 0 unspecified atom stereocenters. The number of benzene rings is 1. The number of fused-ring (bicyclic) bond motifs is 1. The van der Waals surface area contributed by atoms with E-state index < -0.39 is 0 Å². The Hall–Kier alpha value is -1.46. The van der Waals surface area contributed by atoms with E-state index in [4.69, 9.17) is 11.6 Å². The summed E-state index contributed by atoms with van der Waals surface area (Å²) in [4.78, 5) is 0. The number of aryl methyl sites for hydroxylation is 1. The highest BCUT2D eigenvalue weighted by molar-refractivity contribution is 6.32. The fourth-order valence-electron chi connectivity index (χ4n) is 2.21. The molecule has 0 aliphatic carbocycles. The number of halogens is 1. The molecule has 2 aromatic rings. The van der Waals surface area contributed by atoms with Crippen LogP contribution in [0.25, 0.3) is 10.9 Å². The van der Waals surface area contributed by atoms with E-state index in [0.29, 0.717) is 16.6 Å². The van der Waals surface area contributed by atoms with E-state index in [2.05, 4.69) is 37.5 Å². The summed E-state index contributed by atoms with van der Waals surface area (Å²) in [5, 5.41) is 10.7. The van der Waals surface area contributed by atoms with Gasteiger partial charge in [0.25, 0.3) is 0 Å². The first kappa shape index (κ1) is 12.0. The van der Waals surface area contributed by atoms with Gasteiger partial charge in [-0.15, -0.1) is 0 Å². The lowest BCUT2D eigenvalue weighted by molar-refractivity contribution is 0.535. The van der Waals surface area contributed by atoms with E-state index in [1.807, 2.05) is 12.1 Å². The van der Waals surface area contributed by atoms with Crippen molar-refractivity contribution in [1.29, 1.82) is 5.26 Å². The second-order valence-corrected chi connectivity index (χ2v) is 5.11. The molecule has 1 heterocycles. The molecule has 2 rings (SSSR count). The molecule has 0 spiro atoms. The zero-order valence-corrected chi connectivity index (χ0v) is 11.0. The molecule has 0 aliphatic rings. The molecule has 0 radical (unpaired) electrons. The quantitative estimate of drug-likeness (QED) is 0.783. The summed E-state index contributed by atoms with van der Waals surface area (Å²) in [5.74, 6) is 0.495. The molecular weight excluding hydrogens is 232 g/mol. The molecule has 88 valence electrons. The predicted molar refractivity (Wildman–Crippen MR) is 71.2 cm³/mol. The van der Waals surface area contributed by atoms with Gasteiger partial charge in [-0.05, 0) is 18.4 Å². The third-order valence-corrected chi connectivity index (χ3v) is 3.27. The van der Waals surface area contributed by atoms with E-state index in [-0.39, 0.29) is 0 Å². The maximum absolute atomic E-state index is 9.21. The molecule has 3 heteroatoms. The molecule has 0 aliphatic heterocycles. The molecule has 2 nitrogen and oxygen atoms in total. The van der Waals surface area contributed by atoms with Gasteiger partial charge in [0.2, 0.25) is 0 Å². The summed E-state index contributed by atoms with van der Waals surface area (Å²) < 4.78 is 2.05. The topological polar surface area (TPSA) is 28.7 Å². The number of para-hydroxylation sites is 1. The van der Waals surface area contributed by atoms with Crippen LogP contribution in [-0.2, 0) is 6.54 Å². The minimum atomic E-state index is 0.495. The SMILES string of the molecule is Cc1cccc2c(C#N)c(Cl)n(CC(C)C)c12. The molecule has 1 aromatic heterocycles. The van der Waals surface area contributed by atoms with Gasteiger partial charge in [-0.1, -0.05) is 43.6 Å². The van der Waals surface area contributed by atoms with E-state index in [1.54, 1.807) is 0 Å². The maximum atomic E-state index is 9.21. The third kappa shape index (κ3) is 1.92. The summed E-state index contributed by atoms with van der Waals surface area (Å²) in [7, 11) is 0. The number of rotatable bonds is 2. The van der Waals surface area contributed by atoms with Gasteiger partial charge in [0.1, 0.15) is 11.2 Å². The minimum absolute atomic E-state index is 0.495. The Morgan fingerprint density at radius 2 is 2.12 bits per heavy atom. The Morgan fingerprint density at radius 3 is 2.71 bits per heavy atom. The second kappa shape index (κ2) is 4.43. The zero-order valence-electron chi connectivity index (χ0n) is 10.3. The Morgan fingerprint density at radius 1 is 1.41 bits per heavy atom. The monoisotopic (exact) mass is 246 g/mol. The van der Waals surface area contributed by atoms with Gasteiger partial charge in [0.05, 0.1) is 11.1 Å². The number of nitrogens with zero attached hydrogens (tertiary/aromatic N) is 2. The summed E-state index contributed by atoms with van der Waals surface area (Å²) in [5.41, 5.74) is 2.83. The molecule has 0 saturated carbocycles. The van der Waals surface area contributed by atoms with Crippen molar-refractivity contribution in [2.24, 2.45) is 5.92 Å². The van der Waals surface area contributed by atoms with Crippen LogP contribution in [0.2, 0.25) is 5.15 Å². The minimum Gasteiger partial charge on any atom is -0.330 e. The van der Waals surface area contributed by atoms with Crippen LogP contribution < -0.4 is 0 Å². The molecule has 0 atom stereocenters. The molecule has 0 N–H and O–H groups in total. The van der Waals surface area contributed by atoms with Crippen molar-refractivity contribution in [3.63, 3.8) is 0 Å². The second-order valence-electron chi connectivity index (χ2n) is 4.75. The van der Waals surface area contributed by atoms with Crippen molar-refractivity contribution in [3.05, 3.63) is 34.5 Å². The van der Waals surface area contributed by atoms with Crippen molar-refractivity contribution in [1.82, 2.24) is 4.57 Å². The highest BCUT2D eigenvalue weighted by Gasteiger charge is 2.17. The zero-order chi connectivity index (χ0) is 12.6. The lowest BCUT2D eigenvalue weighted by atomic mass is 10.1. The van der Waals surface area contributed by atoms with Crippen LogP contribution in [0.3, 0.4) is 0 Å². The van der Waals surface area contributed by atoms with Crippen molar-refractivity contribution in [3.8, 4) is 6.07 Å². The summed E-state index contributed by atoms with van der Waals surface area (Å²) in [6.45, 7) is 7.18. The molecule has 0 bridgehead atoms. The first-order valence-corrected chi connectivity index (χ1v) is 6.11. The lowest BCUT2D eigenvalue weighted by Gasteiger charge is -2.11.